The van der Waals surface area contributed by atoms with E-state index >= 15 is 0 Å². The fourth-order valence-electron chi connectivity index (χ4n) is 3.90. The van der Waals surface area contributed by atoms with Gasteiger partial charge in [-0.1, -0.05) is 48.5 Å². The number of aryl methyl sites for hydroxylation is 1. The first-order valence-corrected chi connectivity index (χ1v) is 12.0. The summed E-state index contributed by atoms with van der Waals surface area (Å²) in [6.07, 6.45) is 9.10. The Hall–Kier alpha value is -2.48. The molecule has 3 heterocycles. The number of imidazole rings is 1. The molecule has 0 bridgehead atoms. The summed E-state index contributed by atoms with van der Waals surface area (Å²) < 4.78 is 4.41. The number of nitrogens with two attached hydrogens (primary N) is 1. The molecule has 4 aromatic rings. The third-order valence-electron chi connectivity index (χ3n) is 5.70. The Morgan fingerprint density at radius 1 is 1.06 bits per heavy atom. The number of thiophene rings is 2. The van der Waals surface area contributed by atoms with Gasteiger partial charge in [0.1, 0.15) is 24.4 Å². The first-order valence-electron chi connectivity index (χ1n) is 10.3. The summed E-state index contributed by atoms with van der Waals surface area (Å²) in [5.41, 5.74) is 6.43. The summed E-state index contributed by atoms with van der Waals surface area (Å²) >= 11 is 3.18. The second-order valence-corrected chi connectivity index (χ2v) is 9.37. The van der Waals surface area contributed by atoms with Crippen LogP contribution < -0.4 is 27.3 Å². The first kappa shape index (κ1) is 24.2. The molecule has 1 aromatic carbocycles. The number of amides is 1. The molecule has 7 heteroatoms. The third-order valence-corrected chi connectivity index (χ3v) is 7.77. The van der Waals surface area contributed by atoms with Crippen LogP contribution in [0.5, 0.6) is 0 Å². The average Bonchev–Trinajstić information content (AvgIpc) is 3.54. The van der Waals surface area contributed by atoms with E-state index in [1.807, 2.05) is 53.2 Å². The highest BCUT2D eigenvalue weighted by atomic mass is 79.9. The molecule has 0 radical (unpaired) electrons. The van der Waals surface area contributed by atoms with Crippen molar-refractivity contribution in [3.63, 3.8) is 0 Å². The number of benzene rings is 1. The van der Waals surface area contributed by atoms with E-state index in [0.29, 0.717) is 13.0 Å². The molecule has 0 aliphatic heterocycles. The molecule has 0 fully saturated rings. The van der Waals surface area contributed by atoms with E-state index in [9.17, 15) is 4.79 Å². The highest BCUT2D eigenvalue weighted by Crippen LogP contribution is 2.41. The molecule has 2 N–H and O–H groups in total. The maximum atomic E-state index is 12.8. The van der Waals surface area contributed by atoms with Crippen LogP contribution in [0.2, 0.25) is 0 Å². The van der Waals surface area contributed by atoms with Crippen molar-refractivity contribution in [2.45, 2.75) is 31.8 Å². The number of nitrogens with zero attached hydrogens (tertiary/aromatic N) is 2. The molecule has 0 saturated heterocycles. The van der Waals surface area contributed by atoms with Crippen LogP contribution in [0.4, 0.5) is 0 Å². The predicted octanol–water partition coefficient (Wildman–Crippen LogP) is 1.79. The minimum Gasteiger partial charge on any atom is -1.00 e. The Balaban J connectivity index is 0.00000289. The highest BCUT2D eigenvalue weighted by molar-refractivity contribution is 7.12. The number of primary amides is 1. The number of aromatic nitrogens is 2. The van der Waals surface area contributed by atoms with Crippen molar-refractivity contribution >= 4 is 34.7 Å². The monoisotopic (exact) mass is 527 g/mol. The van der Waals surface area contributed by atoms with Gasteiger partial charge in [0.15, 0.2) is 0 Å². The second-order valence-electron chi connectivity index (χ2n) is 7.48. The molecule has 0 spiro atoms. The summed E-state index contributed by atoms with van der Waals surface area (Å²) in [4.78, 5) is 14.8. The standard InChI is InChI=1S/C25H25N3OS2.BrH/c1-20-27(14-5-10-21-8-3-2-4-9-21)16-17-28(20)15-13-25(24(26)29,22-11-6-18-30-22)23-12-7-19-31-23;/h2-12,16-19H,13-15H2,1H3,(H-,26,29);1H/b10-5+;. The molecular formula is C25H26BrN3OS2. The lowest BCUT2D eigenvalue weighted by Gasteiger charge is -2.28. The molecular weight excluding hydrogens is 502 g/mol. The smallest absolute Gasteiger partial charge is 0.253 e. The van der Waals surface area contributed by atoms with Crippen molar-refractivity contribution in [2.75, 3.05) is 0 Å². The van der Waals surface area contributed by atoms with E-state index in [1.165, 1.54) is 5.56 Å². The minimum absolute atomic E-state index is 0. The molecule has 4 nitrogen and oxygen atoms in total. The van der Waals surface area contributed by atoms with Gasteiger partial charge < -0.3 is 22.7 Å². The van der Waals surface area contributed by atoms with Gasteiger partial charge >= 0.3 is 0 Å². The maximum absolute atomic E-state index is 12.8. The molecule has 0 unspecified atom stereocenters. The Kier molecular flexibility index (Phi) is 8.23. The molecule has 1 amide bonds. The zero-order valence-electron chi connectivity index (χ0n) is 17.9. The fourth-order valence-corrected chi connectivity index (χ4v) is 5.92. The predicted molar refractivity (Wildman–Crippen MR) is 128 cm³/mol. The van der Waals surface area contributed by atoms with Gasteiger partial charge in [0.05, 0.1) is 6.54 Å². The summed E-state index contributed by atoms with van der Waals surface area (Å²) in [6.45, 7) is 3.61. The zero-order valence-corrected chi connectivity index (χ0v) is 21.1. The molecule has 0 aliphatic carbocycles. The topological polar surface area (TPSA) is 51.9 Å². The van der Waals surface area contributed by atoms with E-state index in [-0.39, 0.29) is 22.9 Å². The van der Waals surface area contributed by atoms with Gasteiger partial charge in [0.2, 0.25) is 5.91 Å². The van der Waals surface area contributed by atoms with Gasteiger partial charge in [-0.15, -0.1) is 22.7 Å². The van der Waals surface area contributed by atoms with Crippen molar-refractivity contribution < 1.29 is 26.3 Å². The summed E-state index contributed by atoms with van der Waals surface area (Å²) in [5.74, 6) is 0.856. The Labute approximate surface area is 207 Å². The van der Waals surface area contributed by atoms with Gasteiger partial charge in [-0.25, -0.2) is 9.13 Å². The molecule has 3 aromatic heterocycles. The average molecular weight is 529 g/mol. The van der Waals surface area contributed by atoms with Crippen LogP contribution in [-0.2, 0) is 23.3 Å². The molecule has 4 rings (SSSR count). The van der Waals surface area contributed by atoms with Crippen LogP contribution in [0.1, 0.15) is 27.6 Å². The van der Waals surface area contributed by atoms with Crippen molar-refractivity contribution in [1.29, 1.82) is 0 Å². The number of rotatable bonds is 9. The van der Waals surface area contributed by atoms with E-state index < -0.39 is 5.41 Å². The van der Waals surface area contributed by atoms with Crippen LogP contribution in [-0.4, -0.2) is 10.5 Å². The Morgan fingerprint density at radius 2 is 1.72 bits per heavy atom. The third kappa shape index (κ3) is 4.95. The van der Waals surface area contributed by atoms with Gasteiger partial charge in [-0.2, -0.15) is 0 Å². The normalized spacial score (nSPS) is 11.5. The highest BCUT2D eigenvalue weighted by Gasteiger charge is 2.43. The fraction of sp³-hybridized carbons (Fsp3) is 0.200. The second kappa shape index (κ2) is 10.9. The molecule has 166 valence electrons. The SMILES string of the molecule is Cc1n(CCC(C(N)=O)(c2cccs2)c2cccs2)cc[n+]1C/C=C/c1ccccc1.[Br-]. The quantitative estimate of drug-likeness (QED) is 0.331. The van der Waals surface area contributed by atoms with E-state index in [0.717, 1.165) is 22.1 Å². The van der Waals surface area contributed by atoms with Crippen molar-refractivity contribution in [3.8, 4) is 0 Å². The van der Waals surface area contributed by atoms with Crippen molar-refractivity contribution in [2.24, 2.45) is 5.73 Å². The molecule has 0 aliphatic rings. The number of hydrogen-bond acceptors (Lipinski definition) is 3. The number of hydrogen-bond donors (Lipinski definition) is 1. The van der Waals surface area contributed by atoms with Crippen LogP contribution in [0, 0.1) is 6.92 Å². The minimum atomic E-state index is -0.795. The lowest BCUT2D eigenvalue weighted by molar-refractivity contribution is -0.692. The molecule has 32 heavy (non-hydrogen) atoms. The van der Waals surface area contributed by atoms with Crippen molar-refractivity contribution in [1.82, 2.24) is 4.57 Å². The maximum Gasteiger partial charge on any atom is 0.253 e. The first-order chi connectivity index (χ1) is 15.1. The van der Waals surface area contributed by atoms with Gasteiger partial charge in [0.25, 0.3) is 5.82 Å². The lowest BCUT2D eigenvalue weighted by Crippen LogP contribution is -3.00. The summed E-state index contributed by atoms with van der Waals surface area (Å²) in [5, 5.41) is 4.02. The zero-order chi connectivity index (χ0) is 21.7. The van der Waals surface area contributed by atoms with Gasteiger partial charge in [-0.05, 0) is 34.5 Å². The molecule has 0 atom stereocenters. The van der Waals surface area contributed by atoms with Gasteiger partial charge in [0, 0.05) is 23.1 Å². The Morgan fingerprint density at radius 3 is 2.28 bits per heavy atom. The summed E-state index contributed by atoms with van der Waals surface area (Å²) in [7, 11) is 0. The van der Waals surface area contributed by atoms with Crippen molar-refractivity contribution in [3.05, 3.63) is 105 Å². The van der Waals surface area contributed by atoms with E-state index in [1.54, 1.807) is 22.7 Å². The number of carbonyl (C=O) groups is 1. The van der Waals surface area contributed by atoms with Crippen LogP contribution in [0.25, 0.3) is 6.08 Å². The summed E-state index contributed by atoms with van der Waals surface area (Å²) in [6, 6.07) is 18.3. The van der Waals surface area contributed by atoms with Crippen LogP contribution >= 0.6 is 22.7 Å². The number of carbonyl (C=O) groups excluding carboxylic acids is 1. The van der Waals surface area contributed by atoms with Gasteiger partial charge in [-0.3, -0.25) is 4.79 Å². The van der Waals surface area contributed by atoms with Crippen LogP contribution in [0.3, 0.4) is 0 Å². The molecule has 0 saturated carbocycles. The Bertz CT molecular complexity index is 1120. The van der Waals surface area contributed by atoms with E-state index in [2.05, 4.69) is 52.7 Å². The lowest BCUT2D eigenvalue weighted by atomic mass is 9.80. The largest absolute Gasteiger partial charge is 1.00 e. The number of allylic oxidation sites excluding steroid dienone is 1. The van der Waals surface area contributed by atoms with E-state index in [4.69, 9.17) is 5.73 Å². The van der Waals surface area contributed by atoms with Crippen LogP contribution in [0.15, 0.2) is 83.8 Å². The number of halogens is 1.